The Hall–Kier alpha value is -1.46. The van der Waals surface area contributed by atoms with Crippen molar-refractivity contribution >= 4 is 17.6 Å². The van der Waals surface area contributed by atoms with Crippen molar-refractivity contribution < 1.29 is 24.1 Å². The molecule has 0 spiro atoms. The average Bonchev–Trinajstić information content (AvgIpc) is 2.45. The molecule has 0 aliphatic rings. The van der Waals surface area contributed by atoms with Gasteiger partial charge in [0.05, 0.1) is 20.3 Å². The molecule has 0 aliphatic heterocycles. The van der Waals surface area contributed by atoms with Crippen molar-refractivity contribution in [3.05, 3.63) is 22.7 Å². The summed E-state index contributed by atoms with van der Waals surface area (Å²) < 4.78 is 15.8. The van der Waals surface area contributed by atoms with Gasteiger partial charge in [0.2, 0.25) is 0 Å². The number of methoxy groups -OCH3 is 1. The Morgan fingerprint density at radius 3 is 2.60 bits per heavy atom. The Morgan fingerprint density at radius 1 is 1.40 bits per heavy atom. The molecule has 1 aromatic carbocycles. The number of hydrogen-bond donors (Lipinski definition) is 1. The van der Waals surface area contributed by atoms with E-state index >= 15 is 0 Å². The number of benzene rings is 1. The first kappa shape index (κ1) is 16.6. The summed E-state index contributed by atoms with van der Waals surface area (Å²) in [5.74, 6) is 0.222. The van der Waals surface area contributed by atoms with Gasteiger partial charge in [-0.25, -0.2) is 4.79 Å². The summed E-state index contributed by atoms with van der Waals surface area (Å²) in [4.78, 5) is 11.8. The number of aliphatic hydroxyl groups is 1. The molecule has 20 heavy (non-hydrogen) atoms. The number of carbonyl (C=O) groups is 1. The molecular weight excluding hydrogens is 284 g/mol. The second kappa shape index (κ2) is 7.97. The normalized spacial score (nSPS) is 11.8. The number of ether oxygens (including phenoxy) is 3. The average molecular weight is 303 g/mol. The summed E-state index contributed by atoms with van der Waals surface area (Å²) in [7, 11) is 1.46. The van der Waals surface area contributed by atoms with Crippen LogP contribution in [-0.2, 0) is 16.1 Å². The molecule has 1 N–H and O–H groups in total. The molecule has 0 saturated heterocycles. The molecule has 5 nitrogen and oxygen atoms in total. The summed E-state index contributed by atoms with van der Waals surface area (Å²) >= 11 is 5.92. The maximum absolute atomic E-state index is 11.8. The van der Waals surface area contributed by atoms with Crippen molar-refractivity contribution in [1.29, 1.82) is 0 Å². The van der Waals surface area contributed by atoms with Crippen molar-refractivity contribution in [3.63, 3.8) is 0 Å². The van der Waals surface area contributed by atoms with Crippen molar-refractivity contribution in [2.45, 2.75) is 33.0 Å². The summed E-state index contributed by atoms with van der Waals surface area (Å²) in [6, 6.07) is 3.13. The van der Waals surface area contributed by atoms with E-state index in [-0.39, 0.29) is 13.2 Å². The van der Waals surface area contributed by atoms with E-state index in [0.29, 0.717) is 28.5 Å². The van der Waals surface area contributed by atoms with Crippen molar-refractivity contribution in [2.24, 2.45) is 0 Å². The number of carbonyl (C=O) groups excluding carboxylic acids is 1. The van der Waals surface area contributed by atoms with Crippen LogP contribution in [0.3, 0.4) is 0 Å². The van der Waals surface area contributed by atoms with E-state index in [1.165, 1.54) is 7.11 Å². The summed E-state index contributed by atoms with van der Waals surface area (Å²) in [6.45, 7) is 3.55. The first-order chi connectivity index (χ1) is 9.57. The predicted octanol–water partition coefficient (Wildman–Crippen LogP) is 2.56. The van der Waals surface area contributed by atoms with E-state index in [0.717, 1.165) is 0 Å². The first-order valence-electron chi connectivity index (χ1n) is 6.37. The van der Waals surface area contributed by atoms with Crippen LogP contribution in [0.1, 0.15) is 25.8 Å². The molecule has 1 aromatic rings. The van der Waals surface area contributed by atoms with Crippen LogP contribution in [0.25, 0.3) is 0 Å². The second-order valence-corrected chi connectivity index (χ2v) is 4.46. The minimum absolute atomic E-state index is 0.272. The highest BCUT2D eigenvalue weighted by Gasteiger charge is 2.23. The van der Waals surface area contributed by atoms with Gasteiger partial charge in [-0.3, -0.25) is 0 Å². The van der Waals surface area contributed by atoms with E-state index in [2.05, 4.69) is 0 Å². The zero-order valence-electron chi connectivity index (χ0n) is 11.8. The smallest absolute Gasteiger partial charge is 0.347 e. The second-order valence-electron chi connectivity index (χ2n) is 4.02. The van der Waals surface area contributed by atoms with Crippen molar-refractivity contribution in [3.8, 4) is 11.5 Å². The maximum Gasteiger partial charge on any atom is 0.347 e. The monoisotopic (exact) mass is 302 g/mol. The molecule has 0 amide bonds. The summed E-state index contributed by atoms with van der Waals surface area (Å²) in [5.41, 5.74) is 0.456. The Kier molecular flexibility index (Phi) is 6.61. The van der Waals surface area contributed by atoms with E-state index in [9.17, 15) is 9.90 Å². The maximum atomic E-state index is 11.8. The number of esters is 1. The van der Waals surface area contributed by atoms with Gasteiger partial charge in [-0.05, 0) is 19.4 Å². The fraction of sp³-hybridized carbons (Fsp3) is 0.500. The zero-order valence-corrected chi connectivity index (χ0v) is 12.6. The van der Waals surface area contributed by atoms with Gasteiger partial charge < -0.3 is 19.3 Å². The predicted molar refractivity (Wildman–Crippen MR) is 75.3 cm³/mol. The third kappa shape index (κ3) is 4.02. The molecule has 0 heterocycles. The van der Waals surface area contributed by atoms with Crippen LogP contribution >= 0.6 is 11.6 Å². The Labute approximate surface area is 123 Å². The lowest BCUT2D eigenvalue weighted by molar-refractivity contribution is -0.151. The van der Waals surface area contributed by atoms with Crippen LogP contribution < -0.4 is 9.47 Å². The lowest BCUT2D eigenvalue weighted by atomic mass is 10.2. The summed E-state index contributed by atoms with van der Waals surface area (Å²) in [6.07, 6.45) is -0.314. The highest BCUT2D eigenvalue weighted by Crippen LogP contribution is 2.35. The molecule has 0 bridgehead atoms. The first-order valence-corrected chi connectivity index (χ1v) is 6.75. The number of halogens is 1. The molecule has 0 saturated carbocycles. The van der Waals surface area contributed by atoms with Crippen molar-refractivity contribution in [2.75, 3.05) is 13.7 Å². The quantitative estimate of drug-likeness (QED) is 0.784. The SMILES string of the molecule is CCOC(=O)C(CC)Oc1c(CO)cc(Cl)cc1OC. The van der Waals surface area contributed by atoms with Gasteiger partial charge in [-0.15, -0.1) is 0 Å². The van der Waals surface area contributed by atoms with Gasteiger partial charge in [0.1, 0.15) is 0 Å². The fourth-order valence-electron chi connectivity index (χ4n) is 1.70. The number of aliphatic hydroxyl groups excluding tert-OH is 1. The van der Waals surface area contributed by atoms with Gasteiger partial charge in [-0.2, -0.15) is 0 Å². The van der Waals surface area contributed by atoms with Crippen LogP contribution in [0.2, 0.25) is 5.02 Å². The molecule has 1 atom stereocenters. The fourth-order valence-corrected chi connectivity index (χ4v) is 1.93. The molecule has 0 radical (unpaired) electrons. The van der Waals surface area contributed by atoms with E-state index < -0.39 is 12.1 Å². The third-order valence-corrected chi connectivity index (χ3v) is 2.89. The lowest BCUT2D eigenvalue weighted by Gasteiger charge is -2.20. The van der Waals surface area contributed by atoms with E-state index in [1.54, 1.807) is 19.1 Å². The van der Waals surface area contributed by atoms with E-state index in [4.69, 9.17) is 25.8 Å². The van der Waals surface area contributed by atoms with E-state index in [1.807, 2.05) is 6.92 Å². The zero-order chi connectivity index (χ0) is 15.1. The molecular formula is C14H19ClO5. The van der Waals surface area contributed by atoms with Gasteiger partial charge in [0.15, 0.2) is 17.6 Å². The molecule has 0 aromatic heterocycles. The molecule has 112 valence electrons. The highest BCUT2D eigenvalue weighted by molar-refractivity contribution is 6.30. The molecule has 0 aliphatic carbocycles. The van der Waals surface area contributed by atoms with Crippen LogP contribution in [0, 0.1) is 0 Å². The van der Waals surface area contributed by atoms with Crippen LogP contribution in [0.5, 0.6) is 11.5 Å². The van der Waals surface area contributed by atoms with Gasteiger partial charge >= 0.3 is 5.97 Å². The Bertz CT molecular complexity index is 436. The summed E-state index contributed by atoms with van der Waals surface area (Å²) in [5, 5.41) is 9.80. The standard InChI is InChI=1S/C14H19ClO5/c1-4-11(14(17)19-5-2)20-13-9(8-16)6-10(15)7-12(13)18-3/h6-7,11,16H,4-5,8H2,1-3H3. The minimum atomic E-state index is -0.754. The third-order valence-electron chi connectivity index (χ3n) is 2.67. The van der Waals surface area contributed by atoms with Crippen LogP contribution in [0.15, 0.2) is 12.1 Å². The molecule has 0 fully saturated rings. The van der Waals surface area contributed by atoms with Crippen molar-refractivity contribution in [1.82, 2.24) is 0 Å². The molecule has 1 rings (SSSR count). The molecule has 6 heteroatoms. The minimum Gasteiger partial charge on any atom is -0.493 e. The number of rotatable bonds is 7. The van der Waals surface area contributed by atoms with Crippen LogP contribution in [-0.4, -0.2) is 30.9 Å². The Balaban J connectivity index is 3.08. The van der Waals surface area contributed by atoms with Crippen LogP contribution in [0.4, 0.5) is 0 Å². The highest BCUT2D eigenvalue weighted by atomic mass is 35.5. The number of hydrogen-bond acceptors (Lipinski definition) is 5. The molecule has 1 unspecified atom stereocenters. The van der Waals surface area contributed by atoms with Gasteiger partial charge in [-0.1, -0.05) is 18.5 Å². The largest absolute Gasteiger partial charge is 0.493 e. The Morgan fingerprint density at radius 2 is 2.10 bits per heavy atom. The lowest BCUT2D eigenvalue weighted by Crippen LogP contribution is -2.29. The topological polar surface area (TPSA) is 65.0 Å². The van der Waals surface area contributed by atoms with Gasteiger partial charge in [0, 0.05) is 16.7 Å². The van der Waals surface area contributed by atoms with Gasteiger partial charge in [0.25, 0.3) is 0 Å².